The van der Waals surface area contributed by atoms with Crippen LogP contribution in [0.5, 0.6) is 0 Å². The Kier molecular flexibility index (Phi) is 44.2. The maximum atomic E-state index is 13.2. The number of allylic oxidation sites excluding steroid dienone is 12. The molecule has 0 aliphatic rings. The minimum absolute atomic E-state index is 0.0228. The molecule has 0 saturated heterocycles. The van der Waals surface area contributed by atoms with E-state index >= 15 is 0 Å². The smallest absolute Gasteiger partial charge is 0.306 e. The van der Waals surface area contributed by atoms with Crippen molar-refractivity contribution in [2.45, 2.75) is 244 Å². The van der Waals surface area contributed by atoms with Gasteiger partial charge in [0, 0.05) is 6.42 Å². The van der Waals surface area contributed by atoms with Gasteiger partial charge in [0.2, 0.25) is 5.91 Å². The number of aliphatic hydroxyl groups is 2. The van der Waals surface area contributed by atoms with Crippen LogP contribution in [0.15, 0.2) is 72.9 Å². The van der Waals surface area contributed by atoms with E-state index in [1.807, 2.05) is 48.6 Å². The molecule has 6 nitrogen and oxygen atoms in total. The van der Waals surface area contributed by atoms with Crippen molar-refractivity contribution < 1.29 is 24.5 Å². The predicted molar refractivity (Wildman–Crippen MR) is 255 cm³/mol. The van der Waals surface area contributed by atoms with Crippen LogP contribution in [0.2, 0.25) is 0 Å². The van der Waals surface area contributed by atoms with Crippen molar-refractivity contribution in [3.8, 4) is 0 Å². The molecule has 0 aromatic carbocycles. The van der Waals surface area contributed by atoms with E-state index in [2.05, 4.69) is 50.4 Å². The van der Waals surface area contributed by atoms with Gasteiger partial charge in [-0.3, -0.25) is 9.59 Å². The Morgan fingerprint density at radius 2 is 0.983 bits per heavy atom. The molecular weight excluding hydrogens is 731 g/mol. The number of aliphatic hydroxyl groups excluding tert-OH is 2. The van der Waals surface area contributed by atoms with Gasteiger partial charge in [0.15, 0.2) is 0 Å². The van der Waals surface area contributed by atoms with Crippen LogP contribution >= 0.6 is 0 Å². The Hall–Kier alpha value is -2.70. The molecule has 0 aromatic rings. The van der Waals surface area contributed by atoms with Gasteiger partial charge in [-0.1, -0.05) is 229 Å². The van der Waals surface area contributed by atoms with Crippen LogP contribution in [0.4, 0.5) is 0 Å². The van der Waals surface area contributed by atoms with E-state index in [4.69, 9.17) is 4.74 Å². The van der Waals surface area contributed by atoms with Crippen LogP contribution in [0.25, 0.3) is 0 Å². The standard InChI is InChI=1S/C53H93NO5/c1-4-7-10-13-16-19-22-24-25-26-27-29-31-33-36-39-42-45-51(56)50(48-55)54-52(57)47-49(44-41-38-35-32-30-28-23-20-17-14-11-8-5-2)59-53(58)46-43-40-37-34-21-18-15-12-9-6-3/h8,11-12,14-15,17,20,23,28,30,32,35,49-51,55-56H,4-7,9-10,13,16,18-19,21-22,24-27,29,31,33-34,36-48H2,1-3H3,(H,54,57)/b11-8+,15-12-,17-14+,23-20-,30-28-,35-32+. The summed E-state index contributed by atoms with van der Waals surface area (Å²) in [6.07, 6.45) is 58.3. The van der Waals surface area contributed by atoms with E-state index in [0.717, 1.165) is 70.6 Å². The van der Waals surface area contributed by atoms with Gasteiger partial charge in [0.05, 0.1) is 25.2 Å². The number of unbranched alkanes of at least 4 members (excludes halogenated alkanes) is 23. The third-order valence-corrected chi connectivity index (χ3v) is 10.9. The monoisotopic (exact) mass is 824 g/mol. The second kappa shape index (κ2) is 46.4. The van der Waals surface area contributed by atoms with Gasteiger partial charge in [-0.2, -0.15) is 0 Å². The number of rotatable bonds is 43. The third kappa shape index (κ3) is 41.8. The molecular formula is C53H93NO5. The summed E-state index contributed by atoms with van der Waals surface area (Å²) in [5.74, 6) is -0.562. The molecule has 0 rings (SSSR count). The first-order valence-electron chi connectivity index (χ1n) is 24.7. The molecule has 3 unspecified atom stereocenters. The Morgan fingerprint density at radius 1 is 0.508 bits per heavy atom. The van der Waals surface area contributed by atoms with Crippen LogP contribution in [0.1, 0.15) is 226 Å². The molecule has 0 bridgehead atoms. The average Bonchev–Trinajstić information content (AvgIpc) is 3.23. The van der Waals surface area contributed by atoms with Crippen LogP contribution < -0.4 is 5.32 Å². The summed E-state index contributed by atoms with van der Waals surface area (Å²) in [6, 6.07) is -0.728. The average molecular weight is 824 g/mol. The molecule has 1 amide bonds. The molecule has 0 heterocycles. The van der Waals surface area contributed by atoms with Gasteiger partial charge in [-0.25, -0.2) is 0 Å². The van der Waals surface area contributed by atoms with Gasteiger partial charge in [-0.15, -0.1) is 0 Å². The Labute approximate surface area is 364 Å². The van der Waals surface area contributed by atoms with E-state index in [1.165, 1.54) is 109 Å². The van der Waals surface area contributed by atoms with E-state index in [1.54, 1.807) is 0 Å². The van der Waals surface area contributed by atoms with Crippen molar-refractivity contribution in [3.05, 3.63) is 72.9 Å². The van der Waals surface area contributed by atoms with Crippen molar-refractivity contribution in [2.75, 3.05) is 6.61 Å². The molecule has 59 heavy (non-hydrogen) atoms. The van der Waals surface area contributed by atoms with Gasteiger partial charge >= 0.3 is 5.97 Å². The lowest BCUT2D eigenvalue weighted by Gasteiger charge is -2.24. The van der Waals surface area contributed by atoms with Gasteiger partial charge in [0.1, 0.15) is 6.10 Å². The van der Waals surface area contributed by atoms with Crippen molar-refractivity contribution in [1.82, 2.24) is 5.32 Å². The van der Waals surface area contributed by atoms with Crippen molar-refractivity contribution in [3.63, 3.8) is 0 Å². The second-order valence-corrected chi connectivity index (χ2v) is 16.6. The molecule has 0 saturated carbocycles. The largest absolute Gasteiger partial charge is 0.462 e. The number of hydrogen-bond donors (Lipinski definition) is 3. The quantitative estimate of drug-likeness (QED) is 0.0246. The molecule has 0 radical (unpaired) electrons. The van der Waals surface area contributed by atoms with Crippen molar-refractivity contribution in [1.29, 1.82) is 0 Å². The van der Waals surface area contributed by atoms with Gasteiger partial charge < -0.3 is 20.3 Å². The first-order chi connectivity index (χ1) is 29.0. The summed E-state index contributed by atoms with van der Waals surface area (Å²) in [5, 5.41) is 23.7. The minimum atomic E-state index is -0.810. The SMILES string of the molecule is CC/C=C/C=C/C=C\C=C/C=C/CCCC(CC(=O)NC(CO)C(O)CCCCCCCCCCCCCCCCCCC)OC(=O)CCCCCCC/C=C\CCC. The Morgan fingerprint density at radius 3 is 1.53 bits per heavy atom. The predicted octanol–water partition coefficient (Wildman–Crippen LogP) is 14.6. The lowest BCUT2D eigenvalue weighted by molar-refractivity contribution is -0.151. The number of esters is 1. The molecule has 6 heteroatoms. The number of carbonyl (C=O) groups excluding carboxylic acids is 2. The number of nitrogens with one attached hydrogen (secondary N) is 1. The zero-order valence-corrected chi connectivity index (χ0v) is 38.6. The first-order valence-corrected chi connectivity index (χ1v) is 24.7. The van der Waals surface area contributed by atoms with E-state index in [9.17, 15) is 19.8 Å². The van der Waals surface area contributed by atoms with Crippen LogP contribution in [0, 0.1) is 0 Å². The Bertz CT molecular complexity index is 1110. The first kappa shape index (κ1) is 56.3. The normalized spacial score (nSPS) is 13.9. The summed E-state index contributed by atoms with van der Waals surface area (Å²) in [6.45, 7) is 6.25. The molecule has 0 fully saturated rings. The lowest BCUT2D eigenvalue weighted by Crippen LogP contribution is -2.46. The van der Waals surface area contributed by atoms with E-state index < -0.39 is 18.2 Å². The second-order valence-electron chi connectivity index (χ2n) is 16.6. The molecule has 3 N–H and O–H groups in total. The van der Waals surface area contributed by atoms with Crippen LogP contribution in [-0.4, -0.2) is 46.9 Å². The van der Waals surface area contributed by atoms with Gasteiger partial charge in [0.25, 0.3) is 0 Å². The summed E-state index contributed by atoms with van der Waals surface area (Å²) in [7, 11) is 0. The highest BCUT2D eigenvalue weighted by molar-refractivity contribution is 5.77. The van der Waals surface area contributed by atoms with Gasteiger partial charge in [-0.05, 0) is 57.8 Å². The molecule has 3 atom stereocenters. The highest BCUT2D eigenvalue weighted by Crippen LogP contribution is 2.17. The van der Waals surface area contributed by atoms with E-state index in [0.29, 0.717) is 19.3 Å². The maximum Gasteiger partial charge on any atom is 0.306 e. The Balaban J connectivity index is 4.60. The summed E-state index contributed by atoms with van der Waals surface area (Å²) >= 11 is 0. The fraction of sp³-hybridized carbons (Fsp3) is 0.736. The number of hydrogen-bond acceptors (Lipinski definition) is 5. The summed E-state index contributed by atoms with van der Waals surface area (Å²) < 4.78 is 5.86. The zero-order valence-electron chi connectivity index (χ0n) is 38.6. The third-order valence-electron chi connectivity index (χ3n) is 10.9. The van der Waals surface area contributed by atoms with Crippen LogP contribution in [-0.2, 0) is 14.3 Å². The fourth-order valence-electron chi connectivity index (χ4n) is 7.16. The summed E-state index contributed by atoms with van der Waals surface area (Å²) in [5.41, 5.74) is 0. The summed E-state index contributed by atoms with van der Waals surface area (Å²) in [4.78, 5) is 26.0. The number of carbonyl (C=O) groups is 2. The van der Waals surface area contributed by atoms with E-state index in [-0.39, 0.29) is 24.9 Å². The highest BCUT2D eigenvalue weighted by Gasteiger charge is 2.24. The molecule has 340 valence electrons. The minimum Gasteiger partial charge on any atom is -0.462 e. The molecule has 0 aromatic heterocycles. The van der Waals surface area contributed by atoms with Crippen molar-refractivity contribution >= 4 is 11.9 Å². The molecule has 0 aliphatic carbocycles. The van der Waals surface area contributed by atoms with Crippen LogP contribution in [0.3, 0.4) is 0 Å². The lowest BCUT2D eigenvalue weighted by atomic mass is 10.0. The zero-order chi connectivity index (χ0) is 43.1. The fourth-order valence-corrected chi connectivity index (χ4v) is 7.16. The highest BCUT2D eigenvalue weighted by atomic mass is 16.5. The number of amides is 1. The maximum absolute atomic E-state index is 13.2. The number of ether oxygens (including phenoxy) is 1. The molecule has 0 spiro atoms. The molecule has 0 aliphatic heterocycles. The van der Waals surface area contributed by atoms with Crippen molar-refractivity contribution in [2.24, 2.45) is 0 Å². The topological polar surface area (TPSA) is 95.9 Å².